The molecule has 0 aliphatic rings. The number of hydrogen-bond donors (Lipinski definition) is 2. The smallest absolute Gasteiger partial charge is 0.196 e. The van der Waals surface area contributed by atoms with E-state index in [1.807, 2.05) is 18.2 Å². The van der Waals surface area contributed by atoms with E-state index in [2.05, 4.69) is 15.5 Å². The Bertz CT molecular complexity index is 259. The maximum Gasteiger partial charge on any atom is 0.196 e. The van der Waals surface area contributed by atoms with Gasteiger partial charge >= 0.3 is 0 Å². The number of hydrogen-bond acceptors (Lipinski definition) is 3. The first-order chi connectivity index (χ1) is 5.88. The molecule has 0 radical (unpaired) electrons. The van der Waals surface area contributed by atoms with Gasteiger partial charge in [-0.05, 0) is 0 Å². The highest BCUT2D eigenvalue weighted by molar-refractivity contribution is 5.97. The van der Waals surface area contributed by atoms with Crippen molar-refractivity contribution in [3.8, 4) is 0 Å². The van der Waals surface area contributed by atoms with Crippen LogP contribution in [0.5, 0.6) is 0 Å². The Morgan fingerprint density at radius 3 is 2.58 bits per heavy atom. The van der Waals surface area contributed by atoms with Crippen LogP contribution in [0.25, 0.3) is 0 Å². The summed E-state index contributed by atoms with van der Waals surface area (Å²) in [5.74, 6) is 0.290. The second-order valence-corrected chi connectivity index (χ2v) is 2.12. The lowest BCUT2D eigenvalue weighted by molar-refractivity contribution is 0.140. The van der Waals surface area contributed by atoms with Crippen molar-refractivity contribution in [2.75, 3.05) is 7.11 Å². The van der Waals surface area contributed by atoms with Gasteiger partial charge in [-0.2, -0.15) is 0 Å². The molecule has 0 aliphatic heterocycles. The molecule has 1 rings (SSSR count). The molecule has 4 heteroatoms. The summed E-state index contributed by atoms with van der Waals surface area (Å²) in [4.78, 5) is 4.61. The van der Waals surface area contributed by atoms with Crippen LogP contribution in [0.3, 0.4) is 0 Å². The van der Waals surface area contributed by atoms with Crippen LogP contribution in [-0.2, 0) is 4.84 Å². The highest BCUT2D eigenvalue weighted by atomic mass is 16.6. The first-order valence-corrected chi connectivity index (χ1v) is 3.45. The van der Waals surface area contributed by atoms with E-state index in [1.54, 1.807) is 12.1 Å². The van der Waals surface area contributed by atoms with E-state index in [0.717, 1.165) is 5.56 Å². The maximum atomic E-state index is 8.56. The molecule has 1 aromatic carbocycles. The van der Waals surface area contributed by atoms with Crippen LogP contribution in [0.2, 0.25) is 0 Å². The molecule has 0 saturated heterocycles. The zero-order chi connectivity index (χ0) is 8.81. The zero-order valence-electron chi connectivity index (χ0n) is 6.69. The molecule has 0 bridgehead atoms. The summed E-state index contributed by atoms with van der Waals surface area (Å²) in [5, 5.41) is 11.6. The number of amidine groups is 1. The van der Waals surface area contributed by atoms with Crippen molar-refractivity contribution in [3.63, 3.8) is 0 Å². The summed E-state index contributed by atoms with van der Waals surface area (Å²) in [7, 11) is 1.45. The molecule has 0 aliphatic carbocycles. The Balaban J connectivity index is 2.82. The first kappa shape index (κ1) is 8.55. The quantitative estimate of drug-likeness (QED) is 0.298. The van der Waals surface area contributed by atoms with Crippen LogP contribution < -0.4 is 5.48 Å². The number of nitrogens with zero attached hydrogens (tertiary/aromatic N) is 1. The normalized spacial score (nSPS) is 11.2. The van der Waals surface area contributed by atoms with Crippen molar-refractivity contribution >= 4 is 5.84 Å². The van der Waals surface area contributed by atoms with Gasteiger partial charge in [0.05, 0.1) is 7.11 Å². The molecule has 0 spiro atoms. The zero-order valence-corrected chi connectivity index (χ0v) is 6.69. The fraction of sp³-hybridized carbons (Fsp3) is 0.125. The predicted molar refractivity (Wildman–Crippen MR) is 44.9 cm³/mol. The summed E-state index contributed by atoms with van der Waals surface area (Å²) in [6.45, 7) is 0. The number of hydroxylamine groups is 1. The Morgan fingerprint density at radius 1 is 1.42 bits per heavy atom. The Hall–Kier alpha value is -1.55. The van der Waals surface area contributed by atoms with E-state index in [0.29, 0.717) is 0 Å². The molecule has 0 fully saturated rings. The summed E-state index contributed by atoms with van der Waals surface area (Å²) in [6, 6.07) is 9.18. The lowest BCUT2D eigenvalue weighted by Gasteiger charge is -2.03. The van der Waals surface area contributed by atoms with Crippen molar-refractivity contribution in [1.29, 1.82) is 0 Å². The van der Waals surface area contributed by atoms with Gasteiger partial charge in [0.2, 0.25) is 0 Å². The van der Waals surface area contributed by atoms with Crippen molar-refractivity contribution in [3.05, 3.63) is 35.9 Å². The lowest BCUT2D eigenvalue weighted by Crippen LogP contribution is -2.22. The summed E-state index contributed by atoms with van der Waals surface area (Å²) >= 11 is 0. The third kappa shape index (κ3) is 1.96. The molecule has 0 saturated carbocycles. The second-order valence-electron chi connectivity index (χ2n) is 2.12. The van der Waals surface area contributed by atoms with Crippen LogP contribution >= 0.6 is 0 Å². The van der Waals surface area contributed by atoms with E-state index in [-0.39, 0.29) is 5.84 Å². The molecule has 4 nitrogen and oxygen atoms in total. The molecule has 0 amide bonds. The van der Waals surface area contributed by atoms with Gasteiger partial charge in [-0.15, -0.1) is 0 Å². The highest BCUT2D eigenvalue weighted by Gasteiger charge is 2.00. The molecule has 0 atom stereocenters. The largest absolute Gasteiger partial charge is 0.409 e. The average Bonchev–Trinajstić information content (AvgIpc) is 2.15. The topological polar surface area (TPSA) is 53.8 Å². The minimum absolute atomic E-state index is 0.290. The van der Waals surface area contributed by atoms with E-state index in [9.17, 15) is 0 Å². The van der Waals surface area contributed by atoms with Crippen LogP contribution in [0.1, 0.15) is 5.56 Å². The second kappa shape index (κ2) is 4.35. The van der Waals surface area contributed by atoms with Crippen molar-refractivity contribution < 1.29 is 10.0 Å². The highest BCUT2D eigenvalue weighted by Crippen LogP contribution is 1.98. The molecular weight excluding hydrogens is 156 g/mol. The lowest BCUT2D eigenvalue weighted by atomic mass is 10.2. The van der Waals surface area contributed by atoms with Crippen molar-refractivity contribution in [1.82, 2.24) is 5.48 Å². The summed E-state index contributed by atoms with van der Waals surface area (Å²) in [6.07, 6.45) is 0. The molecule has 12 heavy (non-hydrogen) atoms. The van der Waals surface area contributed by atoms with Crippen molar-refractivity contribution in [2.45, 2.75) is 0 Å². The van der Waals surface area contributed by atoms with Gasteiger partial charge in [0, 0.05) is 5.56 Å². The van der Waals surface area contributed by atoms with Crippen molar-refractivity contribution in [2.24, 2.45) is 5.16 Å². The van der Waals surface area contributed by atoms with Gasteiger partial charge in [0.1, 0.15) is 0 Å². The van der Waals surface area contributed by atoms with Gasteiger partial charge < -0.3 is 5.21 Å². The molecule has 0 aromatic heterocycles. The monoisotopic (exact) mass is 166 g/mol. The van der Waals surface area contributed by atoms with Gasteiger partial charge in [-0.25, -0.2) is 5.48 Å². The third-order valence-corrected chi connectivity index (χ3v) is 1.35. The molecule has 1 aromatic rings. The summed E-state index contributed by atoms with van der Waals surface area (Å²) < 4.78 is 0. The maximum absolute atomic E-state index is 8.56. The minimum atomic E-state index is 0.290. The standard InChI is InChI=1S/C8H10N2O2/c1-12-10-8(9-11)7-5-3-2-4-6-7/h2-6,11H,1H3,(H,9,10). The summed E-state index contributed by atoms with van der Waals surface area (Å²) in [5.41, 5.74) is 3.21. The number of oxime groups is 1. The fourth-order valence-electron chi connectivity index (χ4n) is 0.830. The van der Waals surface area contributed by atoms with Crippen LogP contribution in [0, 0.1) is 0 Å². The number of benzene rings is 1. The number of nitrogens with one attached hydrogen (secondary N) is 1. The average molecular weight is 166 g/mol. The molecule has 64 valence electrons. The Morgan fingerprint density at radius 2 is 2.08 bits per heavy atom. The third-order valence-electron chi connectivity index (χ3n) is 1.35. The van der Waals surface area contributed by atoms with E-state index >= 15 is 0 Å². The van der Waals surface area contributed by atoms with Gasteiger partial charge in [0.15, 0.2) is 5.84 Å². The molecule has 2 N–H and O–H groups in total. The van der Waals surface area contributed by atoms with Crippen LogP contribution in [0.4, 0.5) is 0 Å². The Kier molecular flexibility index (Phi) is 3.10. The SMILES string of the molecule is CONC(=NO)c1ccccc1. The van der Waals surface area contributed by atoms with E-state index in [4.69, 9.17) is 5.21 Å². The molecule has 0 unspecified atom stereocenters. The van der Waals surface area contributed by atoms with Crippen LogP contribution in [-0.4, -0.2) is 18.2 Å². The number of rotatable bonds is 2. The predicted octanol–water partition coefficient (Wildman–Crippen LogP) is 0.973. The van der Waals surface area contributed by atoms with Gasteiger partial charge in [0.25, 0.3) is 0 Å². The molecular formula is C8H10N2O2. The van der Waals surface area contributed by atoms with Crippen LogP contribution in [0.15, 0.2) is 35.5 Å². The first-order valence-electron chi connectivity index (χ1n) is 3.45. The minimum Gasteiger partial charge on any atom is -0.409 e. The van der Waals surface area contributed by atoms with E-state index in [1.165, 1.54) is 7.11 Å². The van der Waals surface area contributed by atoms with Gasteiger partial charge in [-0.3, -0.25) is 4.84 Å². The van der Waals surface area contributed by atoms with E-state index < -0.39 is 0 Å². The van der Waals surface area contributed by atoms with Gasteiger partial charge in [-0.1, -0.05) is 35.5 Å². The molecule has 0 heterocycles. The fourth-order valence-corrected chi connectivity index (χ4v) is 0.830. The Labute approximate surface area is 70.4 Å².